The zero-order valence-electron chi connectivity index (χ0n) is 16.7. The van der Waals surface area contributed by atoms with Crippen molar-refractivity contribution in [1.82, 2.24) is 14.9 Å². The molecule has 5 nitrogen and oxygen atoms in total. The van der Waals surface area contributed by atoms with E-state index in [0.29, 0.717) is 0 Å². The fourth-order valence-corrected chi connectivity index (χ4v) is 6.61. The SMILES string of the molecule is CCN1CC=C(c2cc3c(Nc4ccc5scnc5c4)ccnc3s2)C12CCOC2. The van der Waals surface area contributed by atoms with Crippen LogP contribution in [0.25, 0.3) is 26.0 Å². The second-order valence-corrected chi connectivity index (χ2v) is 9.76. The zero-order chi connectivity index (χ0) is 20.1. The lowest BCUT2D eigenvalue weighted by atomic mass is 9.88. The maximum Gasteiger partial charge on any atom is 0.125 e. The third-order valence-electron chi connectivity index (χ3n) is 6.32. The lowest BCUT2D eigenvalue weighted by Gasteiger charge is -2.35. The van der Waals surface area contributed by atoms with Crippen LogP contribution in [-0.2, 0) is 4.74 Å². The van der Waals surface area contributed by atoms with Crippen LogP contribution in [0.15, 0.2) is 48.1 Å². The van der Waals surface area contributed by atoms with E-state index in [2.05, 4.69) is 63.5 Å². The summed E-state index contributed by atoms with van der Waals surface area (Å²) in [5.74, 6) is 0. The highest BCUT2D eigenvalue weighted by molar-refractivity contribution is 7.19. The number of hydrogen-bond donors (Lipinski definition) is 1. The van der Waals surface area contributed by atoms with Crippen molar-refractivity contribution < 1.29 is 4.74 Å². The molecule has 2 aliphatic heterocycles. The molecule has 5 heterocycles. The molecule has 7 heteroatoms. The largest absolute Gasteiger partial charge is 0.379 e. The third kappa shape index (κ3) is 2.80. The van der Waals surface area contributed by atoms with Gasteiger partial charge in [0.1, 0.15) is 4.83 Å². The van der Waals surface area contributed by atoms with E-state index < -0.39 is 0 Å². The van der Waals surface area contributed by atoms with Crippen molar-refractivity contribution in [3.05, 3.63) is 53.0 Å². The standard InChI is InChI=1S/C23H22N4OS2/c1-2-27-9-6-17(23(27)7-10-28-13-23)21-12-16-18(5-8-24-22(16)30-21)26-15-3-4-20-19(11-15)25-14-29-20/h3-6,8,11-12,14H,2,7,9-10,13H2,1H3,(H,24,26). The number of fused-ring (bicyclic) bond motifs is 2. The molecule has 0 saturated carbocycles. The van der Waals surface area contributed by atoms with Crippen LogP contribution in [0, 0.1) is 0 Å². The van der Waals surface area contributed by atoms with Gasteiger partial charge in [-0.2, -0.15) is 0 Å². The second-order valence-electron chi connectivity index (χ2n) is 7.84. The van der Waals surface area contributed by atoms with Crippen molar-refractivity contribution in [2.24, 2.45) is 0 Å². The summed E-state index contributed by atoms with van der Waals surface area (Å²) in [7, 11) is 0. The van der Waals surface area contributed by atoms with E-state index in [1.54, 1.807) is 22.7 Å². The number of hydrogen-bond acceptors (Lipinski definition) is 7. The molecule has 1 unspecified atom stereocenters. The number of benzene rings is 1. The van der Waals surface area contributed by atoms with Crippen molar-refractivity contribution in [3.63, 3.8) is 0 Å². The molecule has 4 aromatic rings. The van der Waals surface area contributed by atoms with Crippen LogP contribution in [0.1, 0.15) is 18.2 Å². The van der Waals surface area contributed by atoms with Gasteiger partial charge in [0.05, 0.1) is 33.6 Å². The lowest BCUT2D eigenvalue weighted by Crippen LogP contribution is -2.46. The normalized spacial score (nSPS) is 21.8. The molecule has 1 N–H and O–H groups in total. The Morgan fingerprint density at radius 3 is 3.07 bits per heavy atom. The molecule has 30 heavy (non-hydrogen) atoms. The molecule has 0 amide bonds. The number of anilines is 2. The number of thiophene rings is 1. The van der Waals surface area contributed by atoms with Crippen LogP contribution in [0.2, 0.25) is 0 Å². The summed E-state index contributed by atoms with van der Waals surface area (Å²) < 4.78 is 7.07. The first-order valence-corrected chi connectivity index (χ1v) is 12.0. The van der Waals surface area contributed by atoms with E-state index in [9.17, 15) is 0 Å². The summed E-state index contributed by atoms with van der Waals surface area (Å²) in [6.45, 7) is 5.90. The van der Waals surface area contributed by atoms with Gasteiger partial charge in [0.25, 0.3) is 0 Å². The average Bonchev–Trinajstić information content (AvgIpc) is 3.55. The fourth-order valence-electron chi connectivity index (χ4n) is 4.79. The van der Waals surface area contributed by atoms with Crippen molar-refractivity contribution in [2.75, 3.05) is 31.6 Å². The molecule has 1 atom stereocenters. The molecule has 2 aliphatic rings. The van der Waals surface area contributed by atoms with Gasteiger partial charge in [-0.1, -0.05) is 13.0 Å². The number of likely N-dealkylation sites (N-methyl/N-ethyl adjacent to an activating group) is 1. The van der Waals surface area contributed by atoms with Crippen LogP contribution in [0.3, 0.4) is 0 Å². The van der Waals surface area contributed by atoms with E-state index in [1.165, 1.54) is 20.5 Å². The van der Waals surface area contributed by atoms with E-state index in [-0.39, 0.29) is 5.54 Å². The number of aromatic nitrogens is 2. The molecular weight excluding hydrogens is 412 g/mol. The van der Waals surface area contributed by atoms with Gasteiger partial charge in [-0.15, -0.1) is 22.7 Å². The molecule has 0 radical (unpaired) electrons. The molecule has 1 spiro atoms. The van der Waals surface area contributed by atoms with Gasteiger partial charge in [-0.3, -0.25) is 4.90 Å². The molecule has 152 valence electrons. The van der Waals surface area contributed by atoms with Crippen LogP contribution in [0.4, 0.5) is 11.4 Å². The first kappa shape index (κ1) is 18.4. The summed E-state index contributed by atoms with van der Waals surface area (Å²) in [5.41, 5.74) is 6.49. The number of nitrogens with zero attached hydrogens (tertiary/aromatic N) is 3. The molecule has 1 saturated heterocycles. The zero-order valence-corrected chi connectivity index (χ0v) is 18.4. The van der Waals surface area contributed by atoms with Gasteiger partial charge in [0.15, 0.2) is 0 Å². The van der Waals surface area contributed by atoms with Gasteiger partial charge in [0.2, 0.25) is 0 Å². The summed E-state index contributed by atoms with van der Waals surface area (Å²) >= 11 is 3.45. The Balaban J connectivity index is 1.39. The lowest BCUT2D eigenvalue weighted by molar-refractivity contribution is 0.129. The Hall–Kier alpha value is -2.32. The summed E-state index contributed by atoms with van der Waals surface area (Å²) in [6, 6.07) is 10.7. The van der Waals surface area contributed by atoms with E-state index >= 15 is 0 Å². The van der Waals surface area contributed by atoms with Crippen molar-refractivity contribution >= 4 is 60.1 Å². The predicted molar refractivity (Wildman–Crippen MR) is 126 cm³/mol. The van der Waals surface area contributed by atoms with Crippen LogP contribution in [0.5, 0.6) is 0 Å². The van der Waals surface area contributed by atoms with E-state index in [0.717, 1.165) is 54.4 Å². The molecule has 0 aliphatic carbocycles. The van der Waals surface area contributed by atoms with Crippen LogP contribution >= 0.6 is 22.7 Å². The first-order chi connectivity index (χ1) is 14.8. The molecule has 6 rings (SSSR count). The van der Waals surface area contributed by atoms with Gasteiger partial charge in [-0.05, 0) is 48.9 Å². The number of ether oxygens (including phenoxy) is 1. The number of rotatable bonds is 4. The molecule has 3 aromatic heterocycles. The minimum Gasteiger partial charge on any atom is -0.379 e. The summed E-state index contributed by atoms with van der Waals surface area (Å²) in [4.78, 5) is 14.0. The third-order valence-corrected chi connectivity index (χ3v) is 8.20. The van der Waals surface area contributed by atoms with Gasteiger partial charge < -0.3 is 10.1 Å². The van der Waals surface area contributed by atoms with Crippen molar-refractivity contribution in [3.8, 4) is 0 Å². The Morgan fingerprint density at radius 2 is 2.20 bits per heavy atom. The maximum atomic E-state index is 5.86. The Kier molecular flexibility index (Phi) is 4.38. The highest BCUT2D eigenvalue weighted by Gasteiger charge is 2.46. The molecule has 1 aromatic carbocycles. The van der Waals surface area contributed by atoms with Crippen LogP contribution in [-0.4, -0.2) is 46.7 Å². The van der Waals surface area contributed by atoms with E-state index in [4.69, 9.17) is 4.74 Å². The molecule has 1 fully saturated rings. The van der Waals surface area contributed by atoms with Gasteiger partial charge >= 0.3 is 0 Å². The smallest absolute Gasteiger partial charge is 0.125 e. The summed E-state index contributed by atoms with van der Waals surface area (Å²) in [5, 5.41) is 4.76. The fraction of sp³-hybridized carbons (Fsp3) is 0.304. The maximum absolute atomic E-state index is 5.86. The predicted octanol–water partition coefficient (Wildman–Crippen LogP) is 5.53. The first-order valence-electron chi connectivity index (χ1n) is 10.3. The topological polar surface area (TPSA) is 50.3 Å². The van der Waals surface area contributed by atoms with Crippen molar-refractivity contribution in [2.45, 2.75) is 18.9 Å². The second kappa shape index (κ2) is 7.13. The minimum absolute atomic E-state index is 0.0267. The van der Waals surface area contributed by atoms with Crippen molar-refractivity contribution in [1.29, 1.82) is 0 Å². The number of thiazole rings is 1. The summed E-state index contributed by atoms with van der Waals surface area (Å²) in [6.07, 6.45) is 5.35. The highest BCUT2D eigenvalue weighted by atomic mass is 32.1. The van der Waals surface area contributed by atoms with Gasteiger partial charge in [0, 0.05) is 35.3 Å². The van der Waals surface area contributed by atoms with Gasteiger partial charge in [-0.25, -0.2) is 9.97 Å². The Labute approximate surface area is 183 Å². The molecular formula is C23H22N4OS2. The number of nitrogens with one attached hydrogen (secondary N) is 1. The highest BCUT2D eigenvalue weighted by Crippen LogP contribution is 2.46. The van der Waals surface area contributed by atoms with Crippen LogP contribution < -0.4 is 5.32 Å². The Bertz CT molecular complexity index is 1270. The van der Waals surface area contributed by atoms with E-state index in [1.807, 2.05) is 11.7 Å². The number of pyridine rings is 1. The quantitative estimate of drug-likeness (QED) is 0.458. The monoisotopic (exact) mass is 434 g/mol. The molecule has 0 bridgehead atoms. The Morgan fingerprint density at radius 1 is 1.23 bits per heavy atom. The minimum atomic E-state index is 0.0267. The average molecular weight is 435 g/mol.